The normalized spacial score (nSPS) is 15.0. The van der Waals surface area contributed by atoms with Crippen molar-refractivity contribution in [2.24, 2.45) is 0 Å². The number of halogens is 3. The number of amides is 2. The van der Waals surface area contributed by atoms with Gasteiger partial charge in [0.25, 0.3) is 11.8 Å². The molecule has 7 nitrogen and oxygen atoms in total. The molecule has 1 atom stereocenters. The van der Waals surface area contributed by atoms with E-state index in [4.69, 9.17) is 13.9 Å². The van der Waals surface area contributed by atoms with Gasteiger partial charge in [-0.05, 0) is 42.5 Å². The van der Waals surface area contributed by atoms with Crippen LogP contribution in [0.25, 0.3) is 11.0 Å². The highest BCUT2D eigenvalue weighted by atomic mass is 19.4. The number of alkyl halides is 3. The van der Waals surface area contributed by atoms with Crippen molar-refractivity contribution in [1.82, 2.24) is 0 Å². The molecular weight excluding hydrogens is 465 g/mol. The predicted octanol–water partition coefficient (Wildman–Crippen LogP) is 5.48. The van der Waals surface area contributed by atoms with E-state index in [9.17, 15) is 22.8 Å². The molecule has 0 aliphatic carbocycles. The summed E-state index contributed by atoms with van der Waals surface area (Å²) in [6.07, 6.45) is -5.57. The van der Waals surface area contributed by atoms with Crippen molar-refractivity contribution in [1.29, 1.82) is 0 Å². The van der Waals surface area contributed by atoms with Crippen molar-refractivity contribution >= 4 is 34.2 Å². The zero-order chi connectivity index (χ0) is 24.6. The molecule has 4 aromatic rings. The Morgan fingerprint density at radius 2 is 1.63 bits per heavy atom. The van der Waals surface area contributed by atoms with E-state index in [2.05, 4.69) is 10.6 Å². The molecular formula is C25H17F3N2O5. The topological polar surface area (TPSA) is 89.8 Å². The van der Waals surface area contributed by atoms with Gasteiger partial charge in [-0.25, -0.2) is 0 Å². The van der Waals surface area contributed by atoms with Crippen molar-refractivity contribution in [3.05, 3.63) is 84.1 Å². The highest BCUT2D eigenvalue weighted by Crippen LogP contribution is 2.35. The van der Waals surface area contributed by atoms with Gasteiger partial charge in [-0.1, -0.05) is 30.3 Å². The molecule has 1 aliphatic heterocycles. The number of benzene rings is 3. The van der Waals surface area contributed by atoms with Crippen molar-refractivity contribution in [3.8, 4) is 11.5 Å². The maximum atomic E-state index is 13.0. The second-order valence-corrected chi connectivity index (χ2v) is 7.69. The van der Waals surface area contributed by atoms with Crippen molar-refractivity contribution in [3.63, 3.8) is 0 Å². The van der Waals surface area contributed by atoms with Gasteiger partial charge in [-0.15, -0.1) is 0 Å². The number of para-hydroxylation sites is 3. The molecule has 2 heterocycles. The highest BCUT2D eigenvalue weighted by molar-refractivity contribution is 6.15. The van der Waals surface area contributed by atoms with Crippen LogP contribution in [0.1, 0.15) is 16.1 Å². The van der Waals surface area contributed by atoms with Gasteiger partial charge in [-0.3, -0.25) is 9.59 Å². The monoisotopic (exact) mass is 482 g/mol. The molecule has 0 bridgehead atoms. The molecule has 1 aliphatic rings. The molecule has 0 radical (unpaired) electrons. The van der Waals surface area contributed by atoms with Crippen LogP contribution < -0.4 is 20.1 Å². The SMILES string of the molecule is O=C(Nc1cccc(C(F)(F)F)c1)c1oc2ccccc2c1NC(=O)[C@@H]1COc2ccccc2O1. The Hall–Kier alpha value is -4.47. The summed E-state index contributed by atoms with van der Waals surface area (Å²) in [5, 5.41) is 5.49. The lowest BCUT2D eigenvalue weighted by Gasteiger charge is -2.25. The molecule has 3 aromatic carbocycles. The highest BCUT2D eigenvalue weighted by Gasteiger charge is 2.32. The number of carbonyl (C=O) groups excluding carboxylic acids is 2. The summed E-state index contributed by atoms with van der Waals surface area (Å²) in [4.78, 5) is 26.0. The fraction of sp³-hybridized carbons (Fsp3) is 0.120. The Bertz CT molecular complexity index is 1430. The number of furan rings is 1. The molecule has 0 saturated heterocycles. The molecule has 0 fully saturated rings. The average molecular weight is 482 g/mol. The maximum absolute atomic E-state index is 13.0. The summed E-state index contributed by atoms with van der Waals surface area (Å²) in [6, 6.07) is 17.7. The number of fused-ring (bicyclic) bond motifs is 2. The van der Waals surface area contributed by atoms with E-state index in [1.807, 2.05) is 0 Å². The first kappa shape index (κ1) is 22.3. The van der Waals surface area contributed by atoms with E-state index in [1.165, 1.54) is 12.1 Å². The van der Waals surface area contributed by atoms with Crippen LogP contribution in [0.5, 0.6) is 11.5 Å². The smallest absolute Gasteiger partial charge is 0.416 e. The summed E-state index contributed by atoms with van der Waals surface area (Å²) in [7, 11) is 0. The fourth-order valence-electron chi connectivity index (χ4n) is 3.64. The minimum Gasteiger partial charge on any atom is -0.485 e. The molecule has 2 N–H and O–H groups in total. The molecule has 178 valence electrons. The molecule has 0 saturated carbocycles. The van der Waals surface area contributed by atoms with E-state index in [0.717, 1.165) is 12.1 Å². The van der Waals surface area contributed by atoms with E-state index >= 15 is 0 Å². The third-order valence-electron chi connectivity index (χ3n) is 5.30. The van der Waals surface area contributed by atoms with E-state index in [1.54, 1.807) is 48.5 Å². The summed E-state index contributed by atoms with van der Waals surface area (Å²) >= 11 is 0. The van der Waals surface area contributed by atoms with Gasteiger partial charge in [-0.2, -0.15) is 13.2 Å². The predicted molar refractivity (Wildman–Crippen MR) is 121 cm³/mol. The number of ether oxygens (including phenoxy) is 2. The van der Waals surface area contributed by atoms with Crippen LogP contribution in [0.2, 0.25) is 0 Å². The summed E-state index contributed by atoms with van der Waals surface area (Å²) in [5.41, 5.74) is -0.618. The first-order valence-corrected chi connectivity index (χ1v) is 10.5. The maximum Gasteiger partial charge on any atom is 0.416 e. The zero-order valence-electron chi connectivity index (χ0n) is 17.9. The first-order chi connectivity index (χ1) is 16.8. The quantitative estimate of drug-likeness (QED) is 0.402. The van der Waals surface area contributed by atoms with Crippen LogP contribution in [0, 0.1) is 0 Å². The molecule has 35 heavy (non-hydrogen) atoms. The second kappa shape index (κ2) is 8.71. The lowest BCUT2D eigenvalue weighted by atomic mass is 10.1. The van der Waals surface area contributed by atoms with Crippen molar-refractivity contribution in [2.75, 3.05) is 17.2 Å². The van der Waals surface area contributed by atoms with Crippen LogP contribution in [-0.4, -0.2) is 24.5 Å². The van der Waals surface area contributed by atoms with Gasteiger partial charge >= 0.3 is 6.18 Å². The third-order valence-corrected chi connectivity index (χ3v) is 5.30. The number of carbonyl (C=O) groups is 2. The number of hydrogen-bond donors (Lipinski definition) is 2. The molecule has 1 aromatic heterocycles. The van der Waals surface area contributed by atoms with Gasteiger partial charge in [0.2, 0.25) is 11.9 Å². The summed E-state index contributed by atoms with van der Waals surface area (Å²) in [6.45, 7) is -0.0512. The summed E-state index contributed by atoms with van der Waals surface area (Å²) < 4.78 is 56.1. The first-order valence-electron chi connectivity index (χ1n) is 10.5. The molecule has 5 rings (SSSR count). The Balaban J connectivity index is 1.42. The Kier molecular flexibility index (Phi) is 5.56. The van der Waals surface area contributed by atoms with Gasteiger partial charge in [0, 0.05) is 11.1 Å². The van der Waals surface area contributed by atoms with Crippen molar-refractivity contribution in [2.45, 2.75) is 12.3 Å². The molecule has 0 spiro atoms. The van der Waals surface area contributed by atoms with Crippen LogP contribution in [0.3, 0.4) is 0 Å². The number of nitrogens with one attached hydrogen (secondary N) is 2. The minimum absolute atomic E-state index is 0.0512. The lowest BCUT2D eigenvalue weighted by Crippen LogP contribution is -2.40. The Labute approximate surface area is 196 Å². The van der Waals surface area contributed by atoms with Gasteiger partial charge in [0.15, 0.2) is 11.5 Å². The lowest BCUT2D eigenvalue weighted by molar-refractivity contribution is -0.137. The Morgan fingerprint density at radius 1 is 0.886 bits per heavy atom. The van der Waals surface area contributed by atoms with Gasteiger partial charge in [0.1, 0.15) is 17.9 Å². The largest absolute Gasteiger partial charge is 0.485 e. The van der Waals surface area contributed by atoms with E-state index < -0.39 is 29.7 Å². The number of hydrogen-bond acceptors (Lipinski definition) is 5. The molecule has 10 heteroatoms. The molecule has 0 unspecified atom stereocenters. The van der Waals surface area contributed by atoms with E-state index in [-0.39, 0.29) is 23.7 Å². The minimum atomic E-state index is -4.57. The Morgan fingerprint density at radius 3 is 2.43 bits per heavy atom. The number of anilines is 2. The fourth-order valence-corrected chi connectivity index (χ4v) is 3.64. The standard InChI is InChI=1S/C25H17F3N2O5/c26-25(27,28)14-6-5-7-15(12-14)29-24(32)22-21(16-8-1-2-9-17(16)35-22)30-23(31)20-13-33-18-10-3-4-11-19(18)34-20/h1-12,20H,13H2,(H,29,32)(H,30,31)/t20-/m0/s1. The van der Waals surface area contributed by atoms with Crippen molar-refractivity contribution < 1.29 is 36.7 Å². The summed E-state index contributed by atoms with van der Waals surface area (Å²) in [5.74, 6) is -0.778. The van der Waals surface area contributed by atoms with E-state index in [0.29, 0.717) is 22.5 Å². The van der Waals surface area contributed by atoms with Crippen LogP contribution in [0.4, 0.5) is 24.5 Å². The van der Waals surface area contributed by atoms with Gasteiger partial charge in [0.05, 0.1) is 5.56 Å². The van der Waals surface area contributed by atoms with Gasteiger partial charge < -0.3 is 24.5 Å². The van der Waals surface area contributed by atoms with Crippen LogP contribution in [0.15, 0.2) is 77.2 Å². The van der Waals surface area contributed by atoms with Crippen LogP contribution >= 0.6 is 0 Å². The van der Waals surface area contributed by atoms with Crippen LogP contribution in [-0.2, 0) is 11.0 Å². The average Bonchev–Trinajstić information content (AvgIpc) is 3.22. The zero-order valence-corrected chi connectivity index (χ0v) is 17.9. The third kappa shape index (κ3) is 4.50. The molecule has 2 amide bonds. The second-order valence-electron chi connectivity index (χ2n) is 7.69. The number of rotatable bonds is 4.